The summed E-state index contributed by atoms with van der Waals surface area (Å²) >= 11 is 0.410. The fourth-order valence-electron chi connectivity index (χ4n) is 0. The van der Waals surface area contributed by atoms with Crippen molar-refractivity contribution in [1.29, 1.82) is 5.26 Å². The van der Waals surface area contributed by atoms with E-state index in [9.17, 15) is 0 Å². The zero-order valence-corrected chi connectivity index (χ0v) is 5.48. The van der Waals surface area contributed by atoms with E-state index in [4.69, 9.17) is 5.26 Å². The molecule has 0 aliphatic heterocycles. The molecule has 0 aromatic heterocycles. The Balaban J connectivity index is 0. The monoisotopic (exact) mass is 85.0 g/mol. The van der Waals surface area contributed by atoms with Gasteiger partial charge in [0.15, 0.2) is 0 Å². The van der Waals surface area contributed by atoms with Crippen LogP contribution in [0, 0.1) is 5.43 Å². The summed E-state index contributed by atoms with van der Waals surface area (Å²) in [6.45, 7) is 0. The van der Waals surface area contributed by atoms with Gasteiger partial charge in [0, 0.05) is 0 Å². The molecule has 0 fully saturated rings. The van der Waals surface area contributed by atoms with Crippen LogP contribution >= 0.6 is 0 Å². The molecule has 0 spiro atoms. The first kappa shape index (κ1) is 8.91. The average molecular weight is 85.1 g/mol. The Morgan fingerprint density at radius 2 is 1.75 bits per heavy atom. The Bertz CT molecular complexity index is 29.5. The minimum atomic E-state index is 0. The first-order valence-corrected chi connectivity index (χ1v) is 2.29. The van der Waals surface area contributed by atoms with Gasteiger partial charge in [0.25, 0.3) is 0 Å². The van der Waals surface area contributed by atoms with Gasteiger partial charge < -0.3 is 0 Å². The van der Waals surface area contributed by atoms with Gasteiger partial charge in [-0.2, -0.15) is 0 Å². The van der Waals surface area contributed by atoms with Crippen molar-refractivity contribution in [3.8, 4) is 0.164 Å². The Labute approximate surface area is 57.9 Å². The summed E-state index contributed by atoms with van der Waals surface area (Å²) in [4.78, 5) is 0. The molecule has 0 bridgehead atoms. The standard InChI is InChI=1S/CN.FH.K/c1-2;;/h;1H;. The van der Waals surface area contributed by atoms with Crippen LogP contribution in [0.5, 0.6) is 0 Å². The van der Waals surface area contributed by atoms with Crippen LogP contribution in [-0.2, 0) is 0 Å². The van der Waals surface area contributed by atoms with E-state index in [0.717, 1.165) is 0 Å². The van der Waals surface area contributed by atoms with Crippen LogP contribution in [0.1, 0.15) is 0 Å². The molecule has 18 valence electrons. The Morgan fingerprint density at radius 1 is 1.75 bits per heavy atom. The molecule has 4 heavy (non-hydrogen) atoms. The summed E-state index contributed by atoms with van der Waals surface area (Å²) in [6, 6.07) is 0. The molecule has 0 saturated carbocycles. The molecule has 0 aliphatic carbocycles. The molecular weight excluding hydrogens is 84.1 g/mol. The minimum absolute atomic E-state index is 0. The maximum atomic E-state index is 7.40. The normalized spacial score (nSPS) is 2.25. The molecule has 0 saturated heterocycles. The number of hydrogen-bond acceptors (Lipinski definition) is 1. The third-order valence-electron chi connectivity index (χ3n) is 0. The summed E-state index contributed by atoms with van der Waals surface area (Å²) in [5.74, 6) is 0. The second kappa shape index (κ2) is 8.96. The number of hydrogen-bond donors (Lipinski definition) is 0. The predicted molar refractivity (Wildman–Crippen MR) is 13.9 cm³/mol. The third kappa shape index (κ3) is 11.6. The van der Waals surface area contributed by atoms with Crippen molar-refractivity contribution in [3.05, 3.63) is 0 Å². The maximum absolute atomic E-state index is 7.40. The Morgan fingerprint density at radius 3 is 1.75 bits per heavy atom. The number of nitrogens with zero attached hydrogens (tertiary/aromatic N) is 1. The van der Waals surface area contributed by atoms with E-state index in [0.29, 0.717) is 49.0 Å². The molecule has 1 nitrogen and oxygen atoms in total. The van der Waals surface area contributed by atoms with Gasteiger partial charge in [0.1, 0.15) is 0 Å². The molecule has 0 aliphatic rings. The molecule has 0 atom stereocenters. The topological polar surface area (TPSA) is 23.8 Å². The van der Waals surface area contributed by atoms with Gasteiger partial charge in [-0.15, -0.1) is 0 Å². The molecule has 3 heteroatoms. The summed E-state index contributed by atoms with van der Waals surface area (Å²) in [7, 11) is 0. The van der Waals surface area contributed by atoms with Crippen molar-refractivity contribution in [1.82, 2.24) is 0 Å². The molecule has 0 heterocycles. The fraction of sp³-hybridized carbons (Fsp3) is 0. The quantitative estimate of drug-likeness (QED) is 0.373. The molecule has 0 unspecified atom stereocenters. The van der Waals surface area contributed by atoms with Crippen LogP contribution < -0.4 is 0 Å². The van der Waals surface area contributed by atoms with E-state index in [1.165, 1.54) is 0 Å². The summed E-state index contributed by atoms with van der Waals surface area (Å²) in [5, 5.41) is 7.40. The van der Waals surface area contributed by atoms with E-state index in [2.05, 4.69) is 0 Å². The van der Waals surface area contributed by atoms with Gasteiger partial charge in [-0.3, -0.25) is 4.70 Å². The molecular formula is CHFKN. The Kier molecular flexibility index (Phi) is 20.0. The van der Waals surface area contributed by atoms with Crippen molar-refractivity contribution in [3.63, 3.8) is 0 Å². The van der Waals surface area contributed by atoms with Crippen molar-refractivity contribution in [2.24, 2.45) is 0 Å². The predicted octanol–water partition coefficient (Wildman–Crippen LogP) is -0.212. The van der Waals surface area contributed by atoms with Crippen LogP contribution in [0.15, 0.2) is 0 Å². The van der Waals surface area contributed by atoms with Crippen LogP contribution in [-0.4, -0.2) is 49.0 Å². The molecule has 0 amide bonds. The van der Waals surface area contributed by atoms with E-state index in [1.807, 2.05) is 0.164 Å². The second-order valence-electron chi connectivity index (χ2n) is 0.224. The third-order valence-corrected chi connectivity index (χ3v) is 0. The van der Waals surface area contributed by atoms with E-state index in [1.54, 1.807) is 0 Å². The first-order valence-electron chi connectivity index (χ1n) is 0.724. The van der Waals surface area contributed by atoms with Crippen LogP contribution in [0.2, 0.25) is 0 Å². The molecule has 0 N–H and O–H groups in total. The van der Waals surface area contributed by atoms with Crippen LogP contribution in [0.4, 0.5) is 4.70 Å². The van der Waals surface area contributed by atoms with Crippen LogP contribution in [0.25, 0.3) is 0 Å². The zero-order chi connectivity index (χ0) is 2.71. The number of halogens is 1. The Hall–Kier alpha value is 1.06. The average Bonchev–Trinajstić information content (AvgIpc) is 0.918. The van der Waals surface area contributed by atoms with Crippen molar-refractivity contribution in [2.45, 2.75) is 0 Å². The zero-order valence-electron chi connectivity index (χ0n) is 2.36. The molecule has 0 aromatic carbocycles. The van der Waals surface area contributed by atoms with E-state index >= 15 is 0 Å². The van der Waals surface area contributed by atoms with E-state index < -0.39 is 0 Å². The SMILES string of the molecule is F.N#[C][K]. The fourth-order valence-corrected chi connectivity index (χ4v) is 0. The molecule has 0 aromatic rings. The summed E-state index contributed by atoms with van der Waals surface area (Å²) in [5.41, 5.74) is 0. The van der Waals surface area contributed by atoms with Crippen LogP contribution in [0.3, 0.4) is 0 Å². The van der Waals surface area contributed by atoms with Gasteiger partial charge in [-0.1, -0.05) is 0 Å². The van der Waals surface area contributed by atoms with Gasteiger partial charge in [-0.25, -0.2) is 0 Å². The van der Waals surface area contributed by atoms with Gasteiger partial charge >= 0.3 is 54.4 Å². The second-order valence-corrected chi connectivity index (χ2v) is 0.922. The van der Waals surface area contributed by atoms with E-state index in [-0.39, 0.29) is 4.70 Å². The van der Waals surface area contributed by atoms with Gasteiger partial charge in [-0.05, 0) is 0 Å². The van der Waals surface area contributed by atoms with Gasteiger partial charge in [0.2, 0.25) is 0 Å². The van der Waals surface area contributed by atoms with Gasteiger partial charge in [0.05, 0.1) is 0 Å². The van der Waals surface area contributed by atoms with Crippen molar-refractivity contribution in [2.75, 3.05) is 0 Å². The molecule has 0 radical (unpaired) electrons. The number of rotatable bonds is 0. The van der Waals surface area contributed by atoms with Crippen molar-refractivity contribution >= 4 is 49.0 Å². The first-order chi connectivity index (χ1) is 1.41. The molecule has 0 rings (SSSR count). The summed E-state index contributed by atoms with van der Waals surface area (Å²) in [6.07, 6.45) is 0. The van der Waals surface area contributed by atoms with Crippen molar-refractivity contribution < 1.29 is 4.70 Å². The number of nitriles is 1. The summed E-state index contributed by atoms with van der Waals surface area (Å²) < 4.78 is 1.94.